The molecule has 0 bridgehead atoms. The van der Waals surface area contributed by atoms with Gasteiger partial charge in [-0.05, 0) is 41.5 Å². The number of aliphatic hydroxyl groups excluding tert-OH is 1. The number of hydrogen-bond donors (Lipinski definition) is 2. The Bertz CT molecular complexity index is 1300. The molecule has 2 heterocycles. The van der Waals surface area contributed by atoms with Gasteiger partial charge in [0, 0.05) is 16.2 Å². The first kappa shape index (κ1) is 19.5. The van der Waals surface area contributed by atoms with E-state index in [0.717, 1.165) is 44.6 Å². The van der Waals surface area contributed by atoms with Gasteiger partial charge in [-0.3, -0.25) is 0 Å². The van der Waals surface area contributed by atoms with Crippen LogP contribution in [0.4, 0.5) is 5.82 Å². The molecule has 1 aromatic heterocycles. The number of fused-ring (bicyclic) bond motifs is 6. The lowest BCUT2D eigenvalue weighted by atomic mass is 10.00. The van der Waals surface area contributed by atoms with Crippen molar-refractivity contribution in [1.82, 2.24) is 4.98 Å². The van der Waals surface area contributed by atoms with Crippen LogP contribution in [0.5, 0.6) is 23.0 Å². The number of aliphatic hydroxyl groups is 1. The lowest BCUT2D eigenvalue weighted by molar-refractivity contribution is 0.174. The molecule has 4 aromatic rings. The Morgan fingerprint density at radius 2 is 1.68 bits per heavy atom. The van der Waals surface area contributed by atoms with Gasteiger partial charge in [0.2, 0.25) is 6.79 Å². The fourth-order valence-electron chi connectivity index (χ4n) is 4.09. The molecule has 0 radical (unpaired) electrons. The lowest BCUT2D eigenvalue weighted by Crippen LogP contribution is -2.23. The fourth-order valence-corrected chi connectivity index (χ4v) is 4.09. The SMILES string of the molecule is CCC(CO)Nc1nc2c3cc4c(cc3ccc2c2cc(OC)c(OC)cc12)OCO4. The van der Waals surface area contributed by atoms with Crippen molar-refractivity contribution < 1.29 is 24.1 Å². The average Bonchev–Trinajstić information content (AvgIpc) is 3.27. The third-order valence-electron chi connectivity index (χ3n) is 5.83. The molecule has 1 atom stereocenters. The van der Waals surface area contributed by atoms with Crippen molar-refractivity contribution >= 4 is 38.3 Å². The maximum atomic E-state index is 9.77. The average molecular weight is 420 g/mol. The second-order valence-corrected chi connectivity index (χ2v) is 7.53. The van der Waals surface area contributed by atoms with Crippen LogP contribution >= 0.6 is 0 Å². The molecule has 7 heteroatoms. The van der Waals surface area contributed by atoms with E-state index >= 15 is 0 Å². The molecular formula is C24H24N2O5. The van der Waals surface area contributed by atoms with E-state index in [1.165, 1.54) is 0 Å². The van der Waals surface area contributed by atoms with Crippen LogP contribution in [-0.2, 0) is 0 Å². The highest BCUT2D eigenvalue weighted by Crippen LogP contribution is 2.42. The van der Waals surface area contributed by atoms with E-state index in [9.17, 15) is 5.11 Å². The van der Waals surface area contributed by atoms with E-state index in [1.807, 2.05) is 31.2 Å². The molecule has 3 aromatic carbocycles. The minimum Gasteiger partial charge on any atom is -0.493 e. The fraction of sp³-hybridized carbons (Fsp3) is 0.292. The molecule has 0 amide bonds. The number of benzene rings is 3. The maximum absolute atomic E-state index is 9.77. The van der Waals surface area contributed by atoms with Crippen molar-refractivity contribution in [2.75, 3.05) is 32.9 Å². The predicted molar refractivity (Wildman–Crippen MR) is 121 cm³/mol. The highest BCUT2D eigenvalue weighted by atomic mass is 16.7. The third-order valence-corrected chi connectivity index (χ3v) is 5.83. The van der Waals surface area contributed by atoms with Crippen LogP contribution in [0.15, 0.2) is 36.4 Å². The van der Waals surface area contributed by atoms with Gasteiger partial charge in [0.1, 0.15) is 5.82 Å². The molecule has 1 aliphatic heterocycles. The summed E-state index contributed by atoms with van der Waals surface area (Å²) in [6.07, 6.45) is 0.763. The van der Waals surface area contributed by atoms with Crippen LogP contribution < -0.4 is 24.3 Å². The summed E-state index contributed by atoms with van der Waals surface area (Å²) in [5.74, 6) is 3.41. The Balaban J connectivity index is 1.87. The molecule has 160 valence electrons. The van der Waals surface area contributed by atoms with Crippen molar-refractivity contribution in [1.29, 1.82) is 0 Å². The zero-order valence-electron chi connectivity index (χ0n) is 17.7. The minimum absolute atomic E-state index is 0.0131. The summed E-state index contributed by atoms with van der Waals surface area (Å²) in [5.41, 5.74) is 0.839. The van der Waals surface area contributed by atoms with Gasteiger partial charge in [-0.15, -0.1) is 0 Å². The number of aromatic nitrogens is 1. The van der Waals surface area contributed by atoms with Crippen molar-refractivity contribution in [3.63, 3.8) is 0 Å². The molecule has 1 aliphatic rings. The molecule has 0 saturated heterocycles. The summed E-state index contributed by atoms with van der Waals surface area (Å²) in [6.45, 7) is 2.26. The van der Waals surface area contributed by atoms with Gasteiger partial charge in [0.25, 0.3) is 0 Å². The molecule has 7 nitrogen and oxygen atoms in total. The van der Waals surface area contributed by atoms with Crippen LogP contribution in [0.25, 0.3) is 32.4 Å². The summed E-state index contributed by atoms with van der Waals surface area (Å²) in [7, 11) is 3.24. The second kappa shape index (κ2) is 7.67. The Kier molecular flexibility index (Phi) is 4.82. The topological polar surface area (TPSA) is 82.1 Å². The molecule has 5 rings (SSSR count). The van der Waals surface area contributed by atoms with Crippen molar-refractivity contribution in [2.24, 2.45) is 0 Å². The number of anilines is 1. The van der Waals surface area contributed by atoms with Crippen molar-refractivity contribution in [3.05, 3.63) is 36.4 Å². The highest BCUT2D eigenvalue weighted by Gasteiger charge is 2.19. The summed E-state index contributed by atoms with van der Waals surface area (Å²) in [4.78, 5) is 5.01. The highest BCUT2D eigenvalue weighted by molar-refractivity contribution is 6.18. The molecule has 1 unspecified atom stereocenters. The van der Waals surface area contributed by atoms with Crippen LogP contribution in [0.3, 0.4) is 0 Å². The van der Waals surface area contributed by atoms with E-state index in [1.54, 1.807) is 14.2 Å². The Labute approximate surface area is 179 Å². The predicted octanol–water partition coefficient (Wildman–Crippen LogP) is 4.47. The monoisotopic (exact) mass is 420 g/mol. The minimum atomic E-state index is -0.114. The zero-order valence-corrected chi connectivity index (χ0v) is 17.7. The van der Waals surface area contributed by atoms with Crippen LogP contribution in [0.2, 0.25) is 0 Å². The molecular weight excluding hydrogens is 396 g/mol. The van der Waals surface area contributed by atoms with E-state index in [2.05, 4.69) is 17.4 Å². The molecule has 31 heavy (non-hydrogen) atoms. The normalized spacial score (nSPS) is 13.7. The van der Waals surface area contributed by atoms with Gasteiger partial charge in [-0.2, -0.15) is 0 Å². The standard InChI is InChI=1S/C24H24N2O5/c1-4-14(11-27)25-24-18-10-20(29-3)19(28-2)9-17(18)15-6-5-13-7-21-22(31-12-30-21)8-16(13)23(15)26-24/h5-10,14,27H,4,11-12H2,1-3H3,(H,25,26). The first-order chi connectivity index (χ1) is 15.2. The first-order valence-corrected chi connectivity index (χ1v) is 10.3. The molecule has 0 aliphatic carbocycles. The number of nitrogens with one attached hydrogen (secondary N) is 1. The largest absolute Gasteiger partial charge is 0.493 e. The van der Waals surface area contributed by atoms with Crippen LogP contribution in [-0.4, -0.2) is 43.8 Å². The first-order valence-electron chi connectivity index (χ1n) is 10.3. The molecule has 0 fully saturated rings. The maximum Gasteiger partial charge on any atom is 0.231 e. The molecule has 2 N–H and O–H groups in total. The number of nitrogens with zero attached hydrogens (tertiary/aromatic N) is 1. The Morgan fingerprint density at radius 1 is 0.968 bits per heavy atom. The Hall–Kier alpha value is -3.45. The van der Waals surface area contributed by atoms with Gasteiger partial charge >= 0.3 is 0 Å². The number of rotatable bonds is 6. The smallest absolute Gasteiger partial charge is 0.231 e. The molecule has 0 saturated carbocycles. The quantitative estimate of drug-likeness (QED) is 0.445. The lowest BCUT2D eigenvalue weighted by Gasteiger charge is -2.19. The van der Waals surface area contributed by atoms with Gasteiger partial charge in [0.15, 0.2) is 23.0 Å². The van der Waals surface area contributed by atoms with E-state index in [-0.39, 0.29) is 19.4 Å². The van der Waals surface area contributed by atoms with E-state index < -0.39 is 0 Å². The third kappa shape index (κ3) is 3.13. The summed E-state index contributed by atoms with van der Waals surface area (Å²) in [6, 6.07) is 11.9. The summed E-state index contributed by atoms with van der Waals surface area (Å²) < 4.78 is 22.2. The summed E-state index contributed by atoms with van der Waals surface area (Å²) in [5, 5.41) is 18.0. The summed E-state index contributed by atoms with van der Waals surface area (Å²) >= 11 is 0. The number of methoxy groups -OCH3 is 2. The van der Waals surface area contributed by atoms with Crippen molar-refractivity contribution in [2.45, 2.75) is 19.4 Å². The van der Waals surface area contributed by atoms with Crippen LogP contribution in [0, 0.1) is 0 Å². The van der Waals surface area contributed by atoms with Gasteiger partial charge in [0.05, 0.1) is 32.4 Å². The van der Waals surface area contributed by atoms with Gasteiger partial charge < -0.3 is 29.4 Å². The number of pyridine rings is 1. The van der Waals surface area contributed by atoms with E-state index in [0.29, 0.717) is 23.1 Å². The van der Waals surface area contributed by atoms with Crippen LogP contribution in [0.1, 0.15) is 13.3 Å². The Morgan fingerprint density at radius 3 is 2.35 bits per heavy atom. The second-order valence-electron chi connectivity index (χ2n) is 7.53. The molecule has 0 spiro atoms. The van der Waals surface area contributed by atoms with E-state index in [4.69, 9.17) is 23.9 Å². The van der Waals surface area contributed by atoms with Crippen molar-refractivity contribution in [3.8, 4) is 23.0 Å². The van der Waals surface area contributed by atoms with Gasteiger partial charge in [-0.1, -0.05) is 19.1 Å². The van der Waals surface area contributed by atoms with Gasteiger partial charge in [-0.25, -0.2) is 4.98 Å². The number of ether oxygens (including phenoxy) is 4. The zero-order chi connectivity index (χ0) is 21.5. The number of hydrogen-bond acceptors (Lipinski definition) is 7.